The molecule has 0 fully saturated rings. The maximum atomic E-state index is 5.88. The van der Waals surface area contributed by atoms with Crippen LogP contribution in [0.5, 0.6) is 0 Å². The van der Waals surface area contributed by atoms with Crippen LogP contribution in [0.4, 0.5) is 11.4 Å². The van der Waals surface area contributed by atoms with Gasteiger partial charge in [0.05, 0.1) is 10.7 Å². The second-order valence-corrected chi connectivity index (χ2v) is 4.73. The number of aromatic nitrogens is 1. The smallest absolute Gasteiger partial charge is 0.129 e. The number of anilines is 2. The van der Waals surface area contributed by atoms with E-state index in [-0.39, 0.29) is 0 Å². The van der Waals surface area contributed by atoms with Crippen molar-refractivity contribution < 1.29 is 0 Å². The van der Waals surface area contributed by atoms with E-state index >= 15 is 0 Å². The predicted octanol–water partition coefficient (Wildman–Crippen LogP) is 3.69. The molecule has 0 saturated carbocycles. The van der Waals surface area contributed by atoms with Gasteiger partial charge in [0.15, 0.2) is 0 Å². The molecule has 0 atom stereocenters. The molecule has 0 amide bonds. The highest BCUT2D eigenvalue weighted by Gasteiger charge is 2.03. The van der Waals surface area contributed by atoms with Crippen LogP contribution in [0.1, 0.15) is 5.56 Å². The Bertz CT molecular complexity index is 531. The number of hydrogen-bond donors (Lipinski definition) is 2. The first-order valence-corrected chi connectivity index (χ1v) is 6.22. The van der Waals surface area contributed by atoms with Gasteiger partial charge in [-0.3, -0.25) is 0 Å². The van der Waals surface area contributed by atoms with E-state index in [4.69, 9.17) is 17.3 Å². The quantitative estimate of drug-likeness (QED) is 0.671. The predicted molar refractivity (Wildman–Crippen MR) is 75.1 cm³/mol. The summed E-state index contributed by atoms with van der Waals surface area (Å²) in [6.45, 7) is 0.632. The number of para-hydroxylation sites is 1. The first-order valence-electron chi connectivity index (χ1n) is 5.05. The van der Waals surface area contributed by atoms with Gasteiger partial charge in [-0.1, -0.05) is 29.8 Å². The topological polar surface area (TPSA) is 50.9 Å². The van der Waals surface area contributed by atoms with Crippen molar-refractivity contribution in [3.8, 4) is 0 Å². The Labute approximate surface area is 113 Å². The van der Waals surface area contributed by atoms with E-state index in [1.807, 2.05) is 30.3 Å². The number of hydrogen-bond acceptors (Lipinski definition) is 3. The standard InChI is InChI=1S/C12H11BrClN3/c13-12-11(5-9(14)7-17-12)16-6-8-3-1-2-4-10(8)15/h1-5,7,16H,6,15H2. The van der Waals surface area contributed by atoms with Gasteiger partial charge in [0.1, 0.15) is 4.60 Å². The van der Waals surface area contributed by atoms with Crippen molar-refractivity contribution in [2.45, 2.75) is 6.54 Å². The fourth-order valence-corrected chi connectivity index (χ4v) is 1.95. The van der Waals surface area contributed by atoms with Gasteiger partial charge in [-0.2, -0.15) is 0 Å². The molecule has 0 spiro atoms. The lowest BCUT2D eigenvalue weighted by atomic mass is 10.2. The summed E-state index contributed by atoms with van der Waals surface area (Å²) in [5, 5.41) is 3.83. The van der Waals surface area contributed by atoms with Gasteiger partial charge >= 0.3 is 0 Å². The third-order valence-electron chi connectivity index (χ3n) is 2.33. The van der Waals surface area contributed by atoms with Gasteiger partial charge < -0.3 is 11.1 Å². The third-order valence-corrected chi connectivity index (χ3v) is 3.17. The van der Waals surface area contributed by atoms with E-state index in [1.54, 1.807) is 6.20 Å². The van der Waals surface area contributed by atoms with Gasteiger partial charge in [-0.25, -0.2) is 4.98 Å². The van der Waals surface area contributed by atoms with E-state index in [1.165, 1.54) is 0 Å². The lowest BCUT2D eigenvalue weighted by Crippen LogP contribution is -2.03. The van der Waals surface area contributed by atoms with Crippen LogP contribution >= 0.6 is 27.5 Å². The van der Waals surface area contributed by atoms with Gasteiger partial charge in [0, 0.05) is 18.4 Å². The summed E-state index contributed by atoms with van der Waals surface area (Å²) in [6, 6.07) is 9.54. The number of nitrogen functional groups attached to an aromatic ring is 1. The molecule has 2 aromatic rings. The Hall–Kier alpha value is -1.26. The summed E-state index contributed by atoms with van der Waals surface area (Å²) in [5.41, 5.74) is 8.52. The van der Waals surface area contributed by atoms with Gasteiger partial charge in [0.2, 0.25) is 0 Å². The monoisotopic (exact) mass is 311 g/mol. The number of halogens is 2. The van der Waals surface area contributed by atoms with Crippen LogP contribution in [0.2, 0.25) is 5.02 Å². The summed E-state index contributed by atoms with van der Waals surface area (Å²) in [5.74, 6) is 0. The molecule has 1 heterocycles. The summed E-state index contributed by atoms with van der Waals surface area (Å²) in [6.07, 6.45) is 1.59. The lowest BCUT2D eigenvalue weighted by Gasteiger charge is -2.10. The molecule has 0 radical (unpaired) electrons. The molecule has 0 aliphatic carbocycles. The van der Waals surface area contributed by atoms with Crippen molar-refractivity contribution in [2.75, 3.05) is 11.1 Å². The minimum atomic E-state index is 0.594. The zero-order valence-electron chi connectivity index (χ0n) is 8.95. The minimum Gasteiger partial charge on any atom is -0.398 e. The van der Waals surface area contributed by atoms with Crippen LogP contribution in [-0.2, 0) is 6.54 Å². The van der Waals surface area contributed by atoms with Crippen LogP contribution in [-0.4, -0.2) is 4.98 Å². The number of pyridine rings is 1. The Morgan fingerprint density at radius 1 is 1.35 bits per heavy atom. The maximum Gasteiger partial charge on any atom is 0.129 e. The highest BCUT2D eigenvalue weighted by Crippen LogP contribution is 2.24. The molecule has 0 unspecified atom stereocenters. The van der Waals surface area contributed by atoms with Gasteiger partial charge in [-0.05, 0) is 33.6 Å². The Kier molecular flexibility index (Phi) is 3.86. The highest BCUT2D eigenvalue weighted by molar-refractivity contribution is 9.10. The van der Waals surface area contributed by atoms with Crippen molar-refractivity contribution in [1.82, 2.24) is 4.98 Å². The molecule has 0 aliphatic rings. The SMILES string of the molecule is Nc1ccccc1CNc1cc(Cl)cnc1Br. The van der Waals surface area contributed by atoms with Crippen LogP contribution in [0.15, 0.2) is 41.1 Å². The first-order chi connectivity index (χ1) is 8.16. The zero-order valence-corrected chi connectivity index (χ0v) is 11.3. The second-order valence-electron chi connectivity index (χ2n) is 3.54. The van der Waals surface area contributed by atoms with Crippen molar-refractivity contribution in [1.29, 1.82) is 0 Å². The molecule has 3 N–H and O–H groups in total. The summed E-state index contributed by atoms with van der Waals surface area (Å²) >= 11 is 9.24. The van der Waals surface area contributed by atoms with E-state index in [0.29, 0.717) is 11.6 Å². The fraction of sp³-hybridized carbons (Fsp3) is 0.0833. The molecular formula is C12H11BrClN3. The lowest BCUT2D eigenvalue weighted by molar-refractivity contribution is 1.13. The number of nitrogens with one attached hydrogen (secondary N) is 1. The minimum absolute atomic E-state index is 0.594. The molecule has 0 saturated heterocycles. The molecule has 88 valence electrons. The van der Waals surface area contributed by atoms with Crippen LogP contribution in [0, 0.1) is 0 Å². The Morgan fingerprint density at radius 3 is 2.88 bits per heavy atom. The second kappa shape index (κ2) is 5.38. The molecular weight excluding hydrogens is 302 g/mol. The van der Waals surface area contributed by atoms with Crippen molar-refractivity contribution in [2.24, 2.45) is 0 Å². The van der Waals surface area contributed by atoms with Crippen molar-refractivity contribution in [3.63, 3.8) is 0 Å². The highest BCUT2D eigenvalue weighted by atomic mass is 79.9. The summed E-state index contributed by atoms with van der Waals surface area (Å²) in [7, 11) is 0. The maximum absolute atomic E-state index is 5.88. The Morgan fingerprint density at radius 2 is 2.12 bits per heavy atom. The fourth-order valence-electron chi connectivity index (χ4n) is 1.43. The molecule has 3 nitrogen and oxygen atoms in total. The average molecular weight is 313 g/mol. The normalized spacial score (nSPS) is 10.2. The molecule has 2 rings (SSSR count). The van der Waals surface area contributed by atoms with E-state index in [9.17, 15) is 0 Å². The van der Waals surface area contributed by atoms with E-state index < -0.39 is 0 Å². The summed E-state index contributed by atoms with van der Waals surface area (Å²) in [4.78, 5) is 4.10. The largest absolute Gasteiger partial charge is 0.398 e. The number of benzene rings is 1. The molecule has 5 heteroatoms. The van der Waals surface area contributed by atoms with Gasteiger partial charge in [0.25, 0.3) is 0 Å². The van der Waals surface area contributed by atoms with E-state index in [0.717, 1.165) is 21.5 Å². The number of rotatable bonds is 3. The summed E-state index contributed by atoms with van der Waals surface area (Å²) < 4.78 is 0.733. The zero-order chi connectivity index (χ0) is 12.3. The molecule has 0 aliphatic heterocycles. The molecule has 1 aromatic carbocycles. The van der Waals surface area contributed by atoms with Crippen LogP contribution in [0.3, 0.4) is 0 Å². The average Bonchev–Trinajstić information content (AvgIpc) is 2.32. The van der Waals surface area contributed by atoms with Crippen LogP contribution < -0.4 is 11.1 Å². The number of nitrogens with two attached hydrogens (primary N) is 1. The van der Waals surface area contributed by atoms with Crippen molar-refractivity contribution >= 4 is 38.9 Å². The molecule has 17 heavy (non-hydrogen) atoms. The van der Waals surface area contributed by atoms with Crippen molar-refractivity contribution in [3.05, 3.63) is 51.7 Å². The van der Waals surface area contributed by atoms with Gasteiger partial charge in [-0.15, -0.1) is 0 Å². The molecule has 1 aromatic heterocycles. The molecule has 0 bridgehead atoms. The first kappa shape index (κ1) is 12.2. The van der Waals surface area contributed by atoms with Crippen LogP contribution in [0.25, 0.3) is 0 Å². The Balaban J connectivity index is 2.12. The van der Waals surface area contributed by atoms with E-state index in [2.05, 4.69) is 26.2 Å². The third kappa shape index (κ3) is 3.11. The number of nitrogens with zero attached hydrogens (tertiary/aromatic N) is 1.